The van der Waals surface area contributed by atoms with Crippen molar-refractivity contribution in [3.8, 4) is 0 Å². The van der Waals surface area contributed by atoms with Crippen molar-refractivity contribution < 1.29 is 4.79 Å². The summed E-state index contributed by atoms with van der Waals surface area (Å²) in [6.07, 6.45) is 0. The highest BCUT2D eigenvalue weighted by molar-refractivity contribution is 7.99. The van der Waals surface area contributed by atoms with Crippen LogP contribution in [-0.4, -0.2) is 26.3 Å². The van der Waals surface area contributed by atoms with Crippen LogP contribution in [0.15, 0.2) is 53.7 Å². The number of carbonyl (C=O) groups excluding carboxylic acids is 1. The third-order valence-electron chi connectivity index (χ3n) is 4.13. The number of aromatic nitrogens is 3. The first-order valence-corrected chi connectivity index (χ1v) is 9.89. The second-order valence-corrected chi connectivity index (χ2v) is 7.69. The molecule has 0 fully saturated rings. The Morgan fingerprint density at radius 1 is 1.15 bits per heavy atom. The van der Waals surface area contributed by atoms with Gasteiger partial charge in [-0.2, -0.15) is 0 Å². The minimum Gasteiger partial charge on any atom is -0.324 e. The van der Waals surface area contributed by atoms with Gasteiger partial charge in [-0.15, -0.1) is 10.2 Å². The van der Waals surface area contributed by atoms with Crippen molar-refractivity contribution in [1.82, 2.24) is 14.6 Å². The van der Waals surface area contributed by atoms with Crippen LogP contribution in [0.5, 0.6) is 0 Å². The molecule has 27 heavy (non-hydrogen) atoms. The van der Waals surface area contributed by atoms with Crippen LogP contribution in [0.3, 0.4) is 0 Å². The molecule has 0 unspecified atom stereocenters. The molecule has 0 aliphatic carbocycles. The van der Waals surface area contributed by atoms with Crippen LogP contribution in [-0.2, 0) is 4.79 Å². The summed E-state index contributed by atoms with van der Waals surface area (Å²) < 4.78 is 1.96. The SMILES string of the molecule is Cc1cc2nnc(SCC(=O)Nc3cccc(Cl)c3Cl)n2c2ccccc12. The Bertz CT molecular complexity index is 1180. The van der Waals surface area contributed by atoms with Gasteiger partial charge in [-0.3, -0.25) is 9.20 Å². The normalized spacial score (nSPS) is 11.2. The van der Waals surface area contributed by atoms with Gasteiger partial charge in [0.05, 0.1) is 27.0 Å². The van der Waals surface area contributed by atoms with Crippen LogP contribution < -0.4 is 5.32 Å². The molecule has 2 aromatic heterocycles. The van der Waals surface area contributed by atoms with Crippen molar-refractivity contribution in [3.05, 3.63) is 64.1 Å². The van der Waals surface area contributed by atoms with Gasteiger partial charge in [-0.05, 0) is 36.8 Å². The maximum absolute atomic E-state index is 12.3. The molecule has 0 saturated heterocycles. The largest absolute Gasteiger partial charge is 0.324 e. The van der Waals surface area contributed by atoms with Gasteiger partial charge in [-0.25, -0.2) is 0 Å². The number of benzene rings is 2. The summed E-state index contributed by atoms with van der Waals surface area (Å²) in [5, 5.41) is 13.8. The van der Waals surface area contributed by atoms with Crippen molar-refractivity contribution >= 4 is 63.1 Å². The summed E-state index contributed by atoms with van der Waals surface area (Å²) in [4.78, 5) is 12.3. The summed E-state index contributed by atoms with van der Waals surface area (Å²) in [7, 11) is 0. The fourth-order valence-corrected chi connectivity index (χ4v) is 3.98. The molecule has 0 saturated carbocycles. The van der Waals surface area contributed by atoms with E-state index in [2.05, 4.69) is 21.6 Å². The van der Waals surface area contributed by atoms with Crippen LogP contribution in [0.1, 0.15) is 5.56 Å². The highest BCUT2D eigenvalue weighted by Gasteiger charge is 2.14. The number of hydrogen-bond donors (Lipinski definition) is 1. The van der Waals surface area contributed by atoms with Gasteiger partial charge in [0.25, 0.3) is 0 Å². The molecule has 5 nitrogen and oxygen atoms in total. The number of fused-ring (bicyclic) bond motifs is 3. The number of hydrogen-bond acceptors (Lipinski definition) is 4. The fourth-order valence-electron chi connectivity index (χ4n) is 2.88. The molecule has 0 radical (unpaired) electrons. The number of pyridine rings is 1. The number of halogens is 2. The Morgan fingerprint density at radius 3 is 2.81 bits per heavy atom. The van der Waals surface area contributed by atoms with Crippen molar-refractivity contribution in [2.45, 2.75) is 12.1 Å². The minimum absolute atomic E-state index is 0.172. The van der Waals surface area contributed by atoms with Crippen molar-refractivity contribution in [2.75, 3.05) is 11.1 Å². The fraction of sp³-hybridized carbons (Fsp3) is 0.105. The van der Waals surface area contributed by atoms with E-state index in [0.717, 1.165) is 22.1 Å². The second-order valence-electron chi connectivity index (χ2n) is 5.96. The number of rotatable bonds is 4. The van der Waals surface area contributed by atoms with Crippen molar-refractivity contribution in [2.24, 2.45) is 0 Å². The lowest BCUT2D eigenvalue weighted by Gasteiger charge is -2.09. The number of anilines is 1. The minimum atomic E-state index is -0.197. The maximum Gasteiger partial charge on any atom is 0.234 e. The van der Waals surface area contributed by atoms with Crippen LogP contribution in [0.2, 0.25) is 10.0 Å². The molecule has 2 heterocycles. The average molecular weight is 417 g/mol. The number of carbonyl (C=O) groups is 1. The quantitative estimate of drug-likeness (QED) is 0.462. The van der Waals surface area contributed by atoms with Gasteiger partial charge in [-0.1, -0.05) is 59.2 Å². The zero-order chi connectivity index (χ0) is 19.0. The third-order valence-corrected chi connectivity index (χ3v) is 5.88. The molecule has 0 aliphatic rings. The molecule has 1 amide bonds. The highest BCUT2D eigenvalue weighted by atomic mass is 35.5. The van der Waals surface area contributed by atoms with Gasteiger partial charge < -0.3 is 5.32 Å². The zero-order valence-corrected chi connectivity index (χ0v) is 16.6. The summed E-state index contributed by atoms with van der Waals surface area (Å²) in [6, 6.07) is 15.2. The molecule has 2 aromatic carbocycles. The summed E-state index contributed by atoms with van der Waals surface area (Å²) in [6.45, 7) is 2.05. The first kappa shape index (κ1) is 18.1. The highest BCUT2D eigenvalue weighted by Crippen LogP contribution is 2.30. The van der Waals surface area contributed by atoms with E-state index in [1.807, 2.05) is 35.6 Å². The average Bonchev–Trinajstić information content (AvgIpc) is 3.07. The van der Waals surface area contributed by atoms with Crippen molar-refractivity contribution in [3.63, 3.8) is 0 Å². The van der Waals surface area contributed by atoms with Crippen LogP contribution in [0, 0.1) is 6.92 Å². The Labute approximate surface area is 169 Å². The standard InChI is InChI=1S/C19H14Cl2N4OS/c1-11-9-16-23-24-19(25(16)15-8-3-2-5-12(11)15)27-10-17(26)22-14-7-4-6-13(20)18(14)21/h2-9H,10H2,1H3,(H,22,26). The van der Waals surface area contributed by atoms with Gasteiger partial charge in [0.15, 0.2) is 10.8 Å². The van der Waals surface area contributed by atoms with Crippen LogP contribution >= 0.6 is 35.0 Å². The molecule has 0 atom stereocenters. The van der Waals surface area contributed by atoms with Gasteiger partial charge in [0, 0.05) is 5.39 Å². The second kappa shape index (κ2) is 7.38. The topological polar surface area (TPSA) is 59.3 Å². The molecule has 4 rings (SSSR count). The summed E-state index contributed by atoms with van der Waals surface area (Å²) >= 11 is 13.4. The molecule has 136 valence electrons. The number of nitrogens with one attached hydrogen (secondary N) is 1. The number of thioether (sulfide) groups is 1. The number of amides is 1. The molecular formula is C19H14Cl2N4OS. The zero-order valence-electron chi connectivity index (χ0n) is 14.2. The van der Waals surface area contributed by atoms with E-state index >= 15 is 0 Å². The molecular weight excluding hydrogens is 403 g/mol. The lowest BCUT2D eigenvalue weighted by Crippen LogP contribution is -2.14. The van der Waals surface area contributed by atoms with E-state index in [-0.39, 0.29) is 11.7 Å². The maximum atomic E-state index is 12.3. The number of nitrogens with zero attached hydrogens (tertiary/aromatic N) is 3. The Morgan fingerprint density at radius 2 is 1.96 bits per heavy atom. The van der Waals surface area contributed by atoms with Crippen molar-refractivity contribution in [1.29, 1.82) is 0 Å². The van der Waals surface area contributed by atoms with E-state index in [9.17, 15) is 4.79 Å². The van der Waals surface area contributed by atoms with E-state index in [1.165, 1.54) is 11.8 Å². The molecule has 0 aliphatic heterocycles. The molecule has 1 N–H and O–H groups in total. The summed E-state index contributed by atoms with van der Waals surface area (Å²) in [5.41, 5.74) is 3.39. The smallest absolute Gasteiger partial charge is 0.234 e. The Kier molecular flexibility index (Phi) is 4.95. The lowest BCUT2D eigenvalue weighted by molar-refractivity contribution is -0.113. The molecule has 8 heteroatoms. The Balaban J connectivity index is 1.58. The summed E-state index contributed by atoms with van der Waals surface area (Å²) in [5.74, 6) is -0.0245. The first-order valence-electron chi connectivity index (χ1n) is 8.15. The van der Waals surface area contributed by atoms with E-state index in [4.69, 9.17) is 23.2 Å². The van der Waals surface area contributed by atoms with Gasteiger partial charge >= 0.3 is 0 Å². The molecule has 4 aromatic rings. The molecule has 0 bridgehead atoms. The number of para-hydroxylation sites is 1. The molecule has 0 spiro atoms. The van der Waals surface area contributed by atoms with Crippen LogP contribution in [0.4, 0.5) is 5.69 Å². The van der Waals surface area contributed by atoms with E-state index in [1.54, 1.807) is 18.2 Å². The van der Waals surface area contributed by atoms with Gasteiger partial charge in [0.1, 0.15) is 0 Å². The van der Waals surface area contributed by atoms with E-state index < -0.39 is 0 Å². The number of aryl methyl sites for hydroxylation is 1. The predicted octanol–water partition coefficient (Wildman–Crippen LogP) is 5.23. The first-order chi connectivity index (χ1) is 13.0. The lowest BCUT2D eigenvalue weighted by atomic mass is 10.1. The Hall–Kier alpha value is -2.28. The monoisotopic (exact) mass is 416 g/mol. The third kappa shape index (κ3) is 3.48. The predicted molar refractivity (Wildman–Crippen MR) is 111 cm³/mol. The van der Waals surface area contributed by atoms with Crippen LogP contribution in [0.25, 0.3) is 16.6 Å². The van der Waals surface area contributed by atoms with E-state index in [0.29, 0.717) is 20.9 Å². The van der Waals surface area contributed by atoms with Gasteiger partial charge in [0.2, 0.25) is 5.91 Å².